The number of aryl methyl sites for hydroxylation is 2. The van der Waals surface area contributed by atoms with Gasteiger partial charge in [0.25, 0.3) is 0 Å². The van der Waals surface area contributed by atoms with Gasteiger partial charge < -0.3 is 0 Å². The third-order valence-corrected chi connectivity index (χ3v) is 5.47. The minimum absolute atomic E-state index is 0.558. The molecule has 32 heavy (non-hydrogen) atoms. The highest BCUT2D eigenvalue weighted by atomic mass is 15.5. The van der Waals surface area contributed by atoms with Crippen LogP contribution in [0, 0.1) is 5.92 Å². The molecule has 0 aliphatic heterocycles. The van der Waals surface area contributed by atoms with E-state index in [1.807, 2.05) is 12.1 Å². The van der Waals surface area contributed by atoms with E-state index in [1.54, 1.807) is 6.20 Å². The van der Waals surface area contributed by atoms with E-state index < -0.39 is 0 Å². The summed E-state index contributed by atoms with van der Waals surface area (Å²) in [6.45, 7) is 7.60. The summed E-state index contributed by atoms with van der Waals surface area (Å²) in [4.78, 5) is 9.34. The Kier molecular flexibility index (Phi) is 6.99. The number of benzene rings is 1. The number of aromatic nitrogens is 8. The van der Waals surface area contributed by atoms with E-state index in [0.29, 0.717) is 11.7 Å². The minimum Gasteiger partial charge on any atom is -0.252 e. The van der Waals surface area contributed by atoms with Crippen LogP contribution in [0.3, 0.4) is 0 Å². The third kappa shape index (κ3) is 5.25. The molecule has 0 radical (unpaired) electrons. The van der Waals surface area contributed by atoms with E-state index in [4.69, 9.17) is 10.1 Å². The van der Waals surface area contributed by atoms with Gasteiger partial charge in [-0.25, -0.2) is 14.8 Å². The lowest BCUT2D eigenvalue weighted by atomic mass is 10.0. The van der Waals surface area contributed by atoms with Crippen LogP contribution in [0.1, 0.15) is 57.2 Å². The molecule has 0 amide bonds. The van der Waals surface area contributed by atoms with E-state index in [9.17, 15) is 0 Å². The molecule has 0 unspecified atom stereocenters. The van der Waals surface area contributed by atoms with Crippen LogP contribution in [0.25, 0.3) is 22.6 Å². The molecule has 1 N–H and O–H groups in total. The number of nitrogens with zero attached hydrogens (tertiary/aromatic N) is 7. The predicted molar refractivity (Wildman–Crippen MR) is 124 cm³/mol. The highest BCUT2D eigenvalue weighted by Crippen LogP contribution is 2.28. The second kappa shape index (κ2) is 10.3. The number of hydrogen-bond acceptors (Lipinski definition) is 6. The van der Waals surface area contributed by atoms with Gasteiger partial charge in [-0.1, -0.05) is 57.5 Å². The number of tetrazole rings is 1. The van der Waals surface area contributed by atoms with E-state index >= 15 is 0 Å². The fourth-order valence-corrected chi connectivity index (χ4v) is 3.64. The van der Waals surface area contributed by atoms with Crippen molar-refractivity contribution in [3.05, 3.63) is 59.8 Å². The van der Waals surface area contributed by atoms with E-state index in [1.165, 1.54) is 5.56 Å². The largest absolute Gasteiger partial charge is 0.252 e. The zero-order valence-corrected chi connectivity index (χ0v) is 19.0. The predicted octanol–water partition coefficient (Wildman–Crippen LogP) is 4.50. The lowest BCUT2D eigenvalue weighted by Crippen LogP contribution is -2.06. The maximum absolute atomic E-state index is 4.87. The number of unbranched alkanes of at least 4 members (excludes halogenated alkanes) is 1. The molecule has 1 aromatic carbocycles. The Bertz CT molecular complexity index is 1110. The van der Waals surface area contributed by atoms with Crippen LogP contribution in [0.4, 0.5) is 0 Å². The van der Waals surface area contributed by atoms with Crippen LogP contribution in [-0.2, 0) is 19.4 Å². The van der Waals surface area contributed by atoms with Gasteiger partial charge in [0, 0.05) is 31.1 Å². The Labute approximate surface area is 188 Å². The van der Waals surface area contributed by atoms with Crippen molar-refractivity contribution < 1.29 is 0 Å². The summed E-state index contributed by atoms with van der Waals surface area (Å²) >= 11 is 0. The van der Waals surface area contributed by atoms with Crippen LogP contribution in [0.15, 0.2) is 42.6 Å². The zero-order chi connectivity index (χ0) is 22.3. The van der Waals surface area contributed by atoms with Gasteiger partial charge in [0.05, 0.1) is 0 Å². The Hall–Kier alpha value is -3.42. The van der Waals surface area contributed by atoms with Crippen LogP contribution in [-0.4, -0.2) is 40.4 Å². The van der Waals surface area contributed by atoms with E-state index in [2.05, 4.69) is 75.3 Å². The average Bonchev–Trinajstić information content (AvgIpc) is 3.47. The number of nitrogens with one attached hydrogen (secondary N) is 1. The first-order valence-electron chi connectivity index (χ1n) is 11.3. The van der Waals surface area contributed by atoms with Crippen molar-refractivity contribution in [3.63, 3.8) is 0 Å². The molecule has 8 nitrogen and oxygen atoms in total. The van der Waals surface area contributed by atoms with Gasteiger partial charge in [0.15, 0.2) is 11.6 Å². The quantitative estimate of drug-likeness (QED) is 0.398. The highest BCUT2D eigenvalue weighted by Gasteiger charge is 2.14. The van der Waals surface area contributed by atoms with Crippen LogP contribution in [0.5, 0.6) is 0 Å². The zero-order valence-electron chi connectivity index (χ0n) is 19.0. The molecular formula is C24H30N8. The lowest BCUT2D eigenvalue weighted by Gasteiger charge is -2.08. The van der Waals surface area contributed by atoms with Gasteiger partial charge in [-0.05, 0) is 46.4 Å². The molecule has 4 rings (SSSR count). The molecule has 3 heterocycles. The van der Waals surface area contributed by atoms with Gasteiger partial charge in [-0.15, -0.1) is 5.10 Å². The van der Waals surface area contributed by atoms with Gasteiger partial charge in [0.2, 0.25) is 0 Å². The molecule has 0 bridgehead atoms. The van der Waals surface area contributed by atoms with Crippen LogP contribution >= 0.6 is 0 Å². The molecule has 8 heteroatoms. The summed E-state index contributed by atoms with van der Waals surface area (Å²) in [6, 6.07) is 12.5. The van der Waals surface area contributed by atoms with Gasteiger partial charge in [-0.2, -0.15) is 5.10 Å². The number of rotatable bonds is 10. The fraction of sp³-hybridized carbons (Fsp3) is 0.417. The topological polar surface area (TPSA) is 98.1 Å². The number of pyridine rings is 1. The number of aromatic amines is 1. The second-order valence-corrected chi connectivity index (χ2v) is 8.48. The summed E-state index contributed by atoms with van der Waals surface area (Å²) < 4.78 is 2.10. The number of hydrogen-bond donors (Lipinski definition) is 1. The maximum atomic E-state index is 4.87. The fourth-order valence-electron chi connectivity index (χ4n) is 3.64. The smallest absolute Gasteiger partial charge is 0.198 e. The standard InChI is InChI=1S/C24H30N8/c1-4-5-15-32-22(26-21(29-32)13-8-17(2)3)16-18-9-11-19(12-10-18)20-7-6-14-25-23(20)24-27-30-31-28-24/h6-7,9-12,14,17H,4-5,8,13,15-16H2,1-3H3,(H,27,28,30,31). The molecule has 0 saturated carbocycles. The first-order chi connectivity index (χ1) is 15.6. The Balaban J connectivity index is 1.54. The summed E-state index contributed by atoms with van der Waals surface area (Å²) in [5.41, 5.74) is 4.00. The number of H-pyrrole nitrogens is 1. The second-order valence-electron chi connectivity index (χ2n) is 8.48. The highest BCUT2D eigenvalue weighted by molar-refractivity contribution is 5.77. The lowest BCUT2D eigenvalue weighted by molar-refractivity contribution is 0.536. The molecule has 0 atom stereocenters. The molecule has 0 aliphatic carbocycles. The van der Waals surface area contributed by atoms with Crippen molar-refractivity contribution >= 4 is 0 Å². The van der Waals surface area contributed by atoms with Gasteiger partial charge >= 0.3 is 0 Å². The molecular weight excluding hydrogens is 400 g/mol. The Morgan fingerprint density at radius 3 is 2.66 bits per heavy atom. The van der Waals surface area contributed by atoms with Crippen LogP contribution < -0.4 is 0 Å². The Morgan fingerprint density at radius 1 is 1.09 bits per heavy atom. The SMILES string of the molecule is CCCCn1nc(CCC(C)C)nc1Cc1ccc(-c2cccnc2-c2nnn[nH]2)cc1. The first-order valence-corrected chi connectivity index (χ1v) is 11.3. The summed E-state index contributed by atoms with van der Waals surface area (Å²) in [5.74, 6) is 3.21. The first kappa shape index (κ1) is 21.8. The summed E-state index contributed by atoms with van der Waals surface area (Å²) in [6.07, 6.45) is 6.81. The maximum Gasteiger partial charge on any atom is 0.198 e. The summed E-state index contributed by atoms with van der Waals surface area (Å²) in [7, 11) is 0. The molecule has 0 fully saturated rings. The molecule has 0 aliphatic rings. The van der Waals surface area contributed by atoms with Crippen molar-refractivity contribution in [1.82, 2.24) is 40.4 Å². The molecule has 0 saturated heterocycles. The summed E-state index contributed by atoms with van der Waals surface area (Å²) in [5, 5.41) is 18.9. The van der Waals surface area contributed by atoms with Crippen molar-refractivity contribution in [3.8, 4) is 22.6 Å². The third-order valence-electron chi connectivity index (χ3n) is 5.47. The Morgan fingerprint density at radius 2 is 1.94 bits per heavy atom. The van der Waals surface area contributed by atoms with Crippen molar-refractivity contribution in [2.45, 2.75) is 59.4 Å². The normalized spacial score (nSPS) is 11.4. The molecule has 4 aromatic rings. The monoisotopic (exact) mass is 430 g/mol. The minimum atomic E-state index is 0.558. The van der Waals surface area contributed by atoms with E-state index in [0.717, 1.165) is 67.1 Å². The van der Waals surface area contributed by atoms with Crippen molar-refractivity contribution in [1.29, 1.82) is 0 Å². The van der Waals surface area contributed by atoms with Gasteiger partial charge in [-0.3, -0.25) is 4.98 Å². The molecule has 0 spiro atoms. The van der Waals surface area contributed by atoms with Crippen molar-refractivity contribution in [2.75, 3.05) is 0 Å². The van der Waals surface area contributed by atoms with Crippen LogP contribution in [0.2, 0.25) is 0 Å². The molecule has 166 valence electrons. The average molecular weight is 431 g/mol. The molecule has 3 aromatic heterocycles. The van der Waals surface area contributed by atoms with E-state index in [-0.39, 0.29) is 0 Å². The van der Waals surface area contributed by atoms with Crippen molar-refractivity contribution in [2.24, 2.45) is 5.92 Å². The van der Waals surface area contributed by atoms with Gasteiger partial charge in [0.1, 0.15) is 11.5 Å².